The lowest BCUT2D eigenvalue weighted by atomic mass is 10.3. The molecule has 0 fully saturated rings. The van der Waals surface area contributed by atoms with Gasteiger partial charge in [0.05, 0.1) is 11.0 Å². The number of aryl methyl sites for hydroxylation is 1. The van der Waals surface area contributed by atoms with E-state index in [2.05, 4.69) is 15.0 Å². The molecule has 2 heterocycles. The van der Waals surface area contributed by atoms with E-state index in [-0.39, 0.29) is 0 Å². The van der Waals surface area contributed by atoms with Crippen LogP contribution in [-0.4, -0.2) is 19.5 Å². The SMILES string of the molecule is Cc1ccnc(-n2cnc3ccccc32)n1. The molecule has 1 aromatic carbocycles. The lowest BCUT2D eigenvalue weighted by Crippen LogP contribution is -1.99. The van der Waals surface area contributed by atoms with Crippen LogP contribution in [0.25, 0.3) is 17.0 Å². The van der Waals surface area contributed by atoms with Crippen LogP contribution in [0, 0.1) is 6.92 Å². The lowest BCUT2D eigenvalue weighted by molar-refractivity contribution is 0.930. The topological polar surface area (TPSA) is 43.6 Å². The van der Waals surface area contributed by atoms with Gasteiger partial charge in [0.2, 0.25) is 5.95 Å². The van der Waals surface area contributed by atoms with Crippen molar-refractivity contribution in [3.8, 4) is 5.95 Å². The molecular formula is C12H10N4. The second kappa shape index (κ2) is 3.41. The fraction of sp³-hybridized carbons (Fsp3) is 0.0833. The van der Waals surface area contributed by atoms with Gasteiger partial charge in [0.15, 0.2) is 0 Å². The van der Waals surface area contributed by atoms with Gasteiger partial charge >= 0.3 is 0 Å². The van der Waals surface area contributed by atoms with Gasteiger partial charge in [0.1, 0.15) is 6.33 Å². The maximum absolute atomic E-state index is 4.38. The van der Waals surface area contributed by atoms with Gasteiger partial charge in [-0.3, -0.25) is 4.57 Å². The Morgan fingerprint density at radius 3 is 2.81 bits per heavy atom. The van der Waals surface area contributed by atoms with Crippen LogP contribution >= 0.6 is 0 Å². The van der Waals surface area contributed by atoms with E-state index in [0.29, 0.717) is 5.95 Å². The molecule has 78 valence electrons. The first-order chi connectivity index (χ1) is 7.84. The van der Waals surface area contributed by atoms with Crippen molar-refractivity contribution in [2.75, 3.05) is 0 Å². The Morgan fingerprint density at radius 2 is 1.94 bits per heavy atom. The van der Waals surface area contributed by atoms with E-state index in [0.717, 1.165) is 16.7 Å². The van der Waals surface area contributed by atoms with E-state index in [1.807, 2.05) is 41.8 Å². The largest absolute Gasteiger partial charge is 0.267 e. The van der Waals surface area contributed by atoms with E-state index >= 15 is 0 Å². The maximum atomic E-state index is 4.38. The molecule has 0 aliphatic rings. The van der Waals surface area contributed by atoms with Crippen molar-refractivity contribution in [2.24, 2.45) is 0 Å². The number of hydrogen-bond donors (Lipinski definition) is 0. The minimum absolute atomic E-state index is 0.661. The number of nitrogens with zero attached hydrogens (tertiary/aromatic N) is 4. The van der Waals surface area contributed by atoms with Gasteiger partial charge in [-0.15, -0.1) is 0 Å². The van der Waals surface area contributed by atoms with Gasteiger partial charge in [-0.2, -0.15) is 0 Å². The first-order valence-corrected chi connectivity index (χ1v) is 5.07. The Labute approximate surface area is 92.6 Å². The fourth-order valence-electron chi connectivity index (χ4n) is 1.67. The third kappa shape index (κ3) is 1.35. The van der Waals surface area contributed by atoms with Crippen LogP contribution in [0.3, 0.4) is 0 Å². The molecule has 0 bridgehead atoms. The Balaban J connectivity index is 2.26. The van der Waals surface area contributed by atoms with Crippen LogP contribution in [0.1, 0.15) is 5.69 Å². The highest BCUT2D eigenvalue weighted by atomic mass is 15.2. The minimum atomic E-state index is 0.661. The zero-order valence-corrected chi connectivity index (χ0v) is 8.83. The predicted octanol–water partition coefficient (Wildman–Crippen LogP) is 2.12. The van der Waals surface area contributed by atoms with Crippen LogP contribution in [0.15, 0.2) is 42.9 Å². The molecule has 4 heteroatoms. The number of rotatable bonds is 1. The number of benzene rings is 1. The van der Waals surface area contributed by atoms with E-state index in [9.17, 15) is 0 Å². The molecule has 0 unspecified atom stereocenters. The minimum Gasteiger partial charge on any atom is -0.267 e. The van der Waals surface area contributed by atoms with Crippen molar-refractivity contribution in [3.05, 3.63) is 48.5 Å². The number of para-hydroxylation sites is 2. The Hall–Kier alpha value is -2.23. The molecule has 4 nitrogen and oxygen atoms in total. The molecule has 0 atom stereocenters. The molecule has 16 heavy (non-hydrogen) atoms. The van der Waals surface area contributed by atoms with Gasteiger partial charge in [0.25, 0.3) is 0 Å². The Morgan fingerprint density at radius 1 is 1.06 bits per heavy atom. The summed E-state index contributed by atoms with van der Waals surface area (Å²) < 4.78 is 1.89. The molecular weight excluding hydrogens is 200 g/mol. The third-order valence-corrected chi connectivity index (χ3v) is 2.45. The molecule has 0 aliphatic carbocycles. The lowest BCUT2D eigenvalue weighted by Gasteiger charge is -2.02. The van der Waals surface area contributed by atoms with Crippen LogP contribution in [0.5, 0.6) is 0 Å². The second-order valence-corrected chi connectivity index (χ2v) is 3.60. The van der Waals surface area contributed by atoms with Crippen LogP contribution in [-0.2, 0) is 0 Å². The number of fused-ring (bicyclic) bond motifs is 1. The highest BCUT2D eigenvalue weighted by molar-refractivity contribution is 5.76. The van der Waals surface area contributed by atoms with Crippen molar-refractivity contribution in [1.29, 1.82) is 0 Å². The summed E-state index contributed by atoms with van der Waals surface area (Å²) in [7, 11) is 0. The Bertz CT molecular complexity index is 642. The summed E-state index contributed by atoms with van der Waals surface area (Å²) in [5.74, 6) is 0.661. The normalized spacial score (nSPS) is 10.8. The summed E-state index contributed by atoms with van der Waals surface area (Å²) in [4.78, 5) is 12.9. The number of aromatic nitrogens is 4. The molecule has 3 aromatic rings. The Kier molecular flexibility index (Phi) is 1.93. The van der Waals surface area contributed by atoms with Gasteiger partial charge in [-0.1, -0.05) is 12.1 Å². The quantitative estimate of drug-likeness (QED) is 0.618. The molecule has 2 aromatic heterocycles. The van der Waals surface area contributed by atoms with Gasteiger partial charge in [-0.25, -0.2) is 15.0 Å². The average molecular weight is 210 g/mol. The zero-order chi connectivity index (χ0) is 11.0. The molecule has 3 rings (SSSR count). The van der Waals surface area contributed by atoms with Crippen molar-refractivity contribution in [3.63, 3.8) is 0 Å². The van der Waals surface area contributed by atoms with Crippen molar-refractivity contribution in [2.45, 2.75) is 6.92 Å². The van der Waals surface area contributed by atoms with Crippen LogP contribution in [0.2, 0.25) is 0 Å². The smallest absolute Gasteiger partial charge is 0.235 e. The van der Waals surface area contributed by atoms with E-state index in [1.54, 1.807) is 12.5 Å². The maximum Gasteiger partial charge on any atom is 0.235 e. The summed E-state index contributed by atoms with van der Waals surface area (Å²) in [5, 5.41) is 0. The zero-order valence-electron chi connectivity index (χ0n) is 8.83. The highest BCUT2D eigenvalue weighted by Crippen LogP contribution is 2.14. The van der Waals surface area contributed by atoms with Crippen molar-refractivity contribution >= 4 is 11.0 Å². The summed E-state index contributed by atoms with van der Waals surface area (Å²) in [5.41, 5.74) is 2.92. The van der Waals surface area contributed by atoms with Gasteiger partial charge in [-0.05, 0) is 25.1 Å². The van der Waals surface area contributed by atoms with Crippen molar-refractivity contribution < 1.29 is 0 Å². The first-order valence-electron chi connectivity index (χ1n) is 5.07. The number of hydrogen-bond acceptors (Lipinski definition) is 3. The monoisotopic (exact) mass is 210 g/mol. The van der Waals surface area contributed by atoms with E-state index in [4.69, 9.17) is 0 Å². The van der Waals surface area contributed by atoms with E-state index in [1.165, 1.54) is 0 Å². The van der Waals surface area contributed by atoms with E-state index < -0.39 is 0 Å². The van der Waals surface area contributed by atoms with Crippen molar-refractivity contribution in [1.82, 2.24) is 19.5 Å². The molecule has 0 N–H and O–H groups in total. The van der Waals surface area contributed by atoms with Gasteiger partial charge in [0, 0.05) is 11.9 Å². The summed E-state index contributed by atoms with van der Waals surface area (Å²) >= 11 is 0. The van der Waals surface area contributed by atoms with Gasteiger partial charge < -0.3 is 0 Å². The summed E-state index contributed by atoms with van der Waals surface area (Å²) in [6.07, 6.45) is 3.51. The molecule has 0 spiro atoms. The molecule has 0 radical (unpaired) electrons. The molecule has 0 amide bonds. The number of imidazole rings is 1. The predicted molar refractivity (Wildman–Crippen MR) is 61.4 cm³/mol. The average Bonchev–Trinajstić information content (AvgIpc) is 2.72. The van der Waals surface area contributed by atoms with Crippen LogP contribution < -0.4 is 0 Å². The molecule has 0 saturated heterocycles. The standard InChI is InChI=1S/C12H10N4/c1-9-6-7-13-12(15-9)16-8-14-10-4-2-3-5-11(10)16/h2-8H,1H3. The molecule has 0 aliphatic heterocycles. The summed E-state index contributed by atoms with van der Waals surface area (Å²) in [6.45, 7) is 1.95. The fourth-order valence-corrected chi connectivity index (χ4v) is 1.67. The third-order valence-electron chi connectivity index (χ3n) is 2.45. The summed E-state index contributed by atoms with van der Waals surface area (Å²) in [6, 6.07) is 9.81. The molecule has 0 saturated carbocycles. The highest BCUT2D eigenvalue weighted by Gasteiger charge is 2.05. The first kappa shape index (κ1) is 9.03. The second-order valence-electron chi connectivity index (χ2n) is 3.60. The van der Waals surface area contributed by atoms with Crippen LogP contribution in [0.4, 0.5) is 0 Å².